The lowest BCUT2D eigenvalue weighted by Crippen LogP contribution is -2.37. The van der Waals surface area contributed by atoms with Gasteiger partial charge in [-0.1, -0.05) is 0 Å². The van der Waals surface area contributed by atoms with Gasteiger partial charge < -0.3 is 10.2 Å². The average molecular weight is 315 g/mol. The highest BCUT2D eigenvalue weighted by atomic mass is 79.9. The van der Waals surface area contributed by atoms with Crippen molar-refractivity contribution in [3.8, 4) is 0 Å². The fourth-order valence-electron chi connectivity index (χ4n) is 1.57. The van der Waals surface area contributed by atoms with Crippen molar-refractivity contribution >= 4 is 27.5 Å². The van der Waals surface area contributed by atoms with Gasteiger partial charge in [0.25, 0.3) is 5.56 Å². The van der Waals surface area contributed by atoms with Crippen molar-refractivity contribution in [2.75, 3.05) is 18.5 Å². The number of nitrogens with one attached hydrogen (secondary N) is 1. The van der Waals surface area contributed by atoms with Crippen LogP contribution in [-0.2, 0) is 11.8 Å². The molecular weight excluding hydrogens is 300 g/mol. The van der Waals surface area contributed by atoms with Gasteiger partial charge in [0.15, 0.2) is 0 Å². The zero-order valence-corrected chi connectivity index (χ0v) is 11.9. The second-order valence-corrected chi connectivity index (χ2v) is 5.26. The lowest BCUT2D eigenvalue weighted by Gasteiger charge is -2.19. The third kappa shape index (κ3) is 2.90. The summed E-state index contributed by atoms with van der Waals surface area (Å²) in [5.41, 5.74) is 0.394. The molecule has 1 amide bonds. The van der Waals surface area contributed by atoms with E-state index in [-0.39, 0.29) is 18.0 Å². The summed E-state index contributed by atoms with van der Waals surface area (Å²) >= 11 is 3.24. The molecule has 0 aliphatic heterocycles. The first-order valence-corrected chi connectivity index (χ1v) is 6.50. The van der Waals surface area contributed by atoms with Crippen LogP contribution in [0.3, 0.4) is 0 Å². The molecule has 0 atom stereocenters. The fourth-order valence-corrected chi connectivity index (χ4v) is 2.23. The average Bonchev–Trinajstić information content (AvgIpc) is 3.09. The Balaban J connectivity index is 2.08. The number of anilines is 1. The first kappa shape index (κ1) is 13.1. The molecule has 1 saturated carbocycles. The smallest absolute Gasteiger partial charge is 0.282 e. The lowest BCUT2D eigenvalue weighted by molar-refractivity contribution is -0.119. The van der Waals surface area contributed by atoms with Gasteiger partial charge in [0.05, 0.1) is 18.4 Å². The minimum atomic E-state index is -0.220. The van der Waals surface area contributed by atoms with Crippen LogP contribution in [0.25, 0.3) is 0 Å². The fraction of sp³-hybridized carbons (Fsp3) is 0.545. The van der Waals surface area contributed by atoms with Gasteiger partial charge >= 0.3 is 0 Å². The Morgan fingerprint density at radius 3 is 2.94 bits per heavy atom. The number of hydrogen-bond donors (Lipinski definition) is 1. The maximum Gasteiger partial charge on any atom is 0.282 e. The highest BCUT2D eigenvalue weighted by Gasteiger charge is 2.24. The quantitative estimate of drug-likeness (QED) is 0.865. The number of halogens is 1. The van der Waals surface area contributed by atoms with Crippen LogP contribution in [0.15, 0.2) is 15.5 Å². The maximum atomic E-state index is 11.7. The molecule has 0 spiro atoms. The lowest BCUT2D eigenvalue weighted by atomic mass is 10.4. The van der Waals surface area contributed by atoms with Crippen molar-refractivity contribution in [2.45, 2.75) is 18.9 Å². The molecular formula is C11H15BrN4O2. The highest BCUT2D eigenvalue weighted by molar-refractivity contribution is 9.10. The zero-order chi connectivity index (χ0) is 13.3. The van der Waals surface area contributed by atoms with Gasteiger partial charge in [-0.3, -0.25) is 9.59 Å². The van der Waals surface area contributed by atoms with Crippen molar-refractivity contribution in [1.82, 2.24) is 15.1 Å². The van der Waals surface area contributed by atoms with E-state index in [2.05, 4.69) is 26.3 Å². The van der Waals surface area contributed by atoms with E-state index >= 15 is 0 Å². The van der Waals surface area contributed by atoms with Crippen molar-refractivity contribution in [2.24, 2.45) is 7.05 Å². The van der Waals surface area contributed by atoms with E-state index in [1.54, 1.807) is 25.2 Å². The van der Waals surface area contributed by atoms with E-state index < -0.39 is 0 Å². The molecule has 1 heterocycles. The van der Waals surface area contributed by atoms with E-state index in [0.29, 0.717) is 16.2 Å². The number of amides is 1. The molecule has 1 aromatic heterocycles. The predicted octanol–water partition coefficient (Wildman–Crippen LogP) is 0.258. The Kier molecular flexibility index (Phi) is 3.70. The molecule has 1 fully saturated rings. The topological polar surface area (TPSA) is 67.2 Å². The number of carbonyl (C=O) groups excluding carboxylic acids is 1. The van der Waals surface area contributed by atoms with Crippen LogP contribution in [0.2, 0.25) is 0 Å². The summed E-state index contributed by atoms with van der Waals surface area (Å²) in [5.74, 6) is -0.0347. The summed E-state index contributed by atoms with van der Waals surface area (Å²) in [6.07, 6.45) is 3.69. The monoisotopic (exact) mass is 314 g/mol. The van der Waals surface area contributed by atoms with E-state index in [0.717, 1.165) is 12.8 Å². The van der Waals surface area contributed by atoms with E-state index in [1.165, 1.54) is 4.68 Å². The van der Waals surface area contributed by atoms with Crippen LogP contribution >= 0.6 is 15.9 Å². The standard InChI is InChI=1S/C11H15BrN4O2/c1-15(6-9(17)14-7-3-4-7)8-5-13-16(2)11(18)10(8)12/h5,7H,3-4,6H2,1-2H3,(H,14,17). The molecule has 1 aliphatic carbocycles. The second-order valence-electron chi connectivity index (χ2n) is 4.47. The molecule has 7 heteroatoms. The van der Waals surface area contributed by atoms with Gasteiger partial charge in [0.2, 0.25) is 5.91 Å². The van der Waals surface area contributed by atoms with Crippen molar-refractivity contribution < 1.29 is 4.79 Å². The van der Waals surface area contributed by atoms with Gasteiger partial charge in [-0.2, -0.15) is 5.10 Å². The Hall–Kier alpha value is -1.37. The molecule has 0 aromatic carbocycles. The molecule has 0 unspecified atom stereocenters. The molecule has 1 aliphatic rings. The largest absolute Gasteiger partial charge is 0.363 e. The van der Waals surface area contributed by atoms with Gasteiger partial charge in [-0.15, -0.1) is 0 Å². The van der Waals surface area contributed by atoms with Crippen molar-refractivity contribution in [3.05, 3.63) is 21.0 Å². The number of carbonyl (C=O) groups is 1. The van der Waals surface area contributed by atoms with Crippen LogP contribution < -0.4 is 15.8 Å². The molecule has 1 aromatic rings. The second kappa shape index (κ2) is 5.09. The first-order chi connectivity index (χ1) is 8.49. The molecule has 18 heavy (non-hydrogen) atoms. The van der Waals surface area contributed by atoms with Crippen LogP contribution in [0.1, 0.15) is 12.8 Å². The van der Waals surface area contributed by atoms with E-state index in [9.17, 15) is 9.59 Å². The Labute approximate surface area is 113 Å². The summed E-state index contributed by atoms with van der Waals surface area (Å²) in [4.78, 5) is 25.1. The molecule has 2 rings (SSSR count). The summed E-state index contributed by atoms with van der Waals surface area (Å²) in [5, 5.41) is 6.84. The van der Waals surface area contributed by atoms with Crippen molar-refractivity contribution in [3.63, 3.8) is 0 Å². The molecule has 0 saturated heterocycles. The van der Waals surface area contributed by atoms with Gasteiger partial charge in [0.1, 0.15) is 4.47 Å². The summed E-state index contributed by atoms with van der Waals surface area (Å²) in [7, 11) is 3.34. The van der Waals surface area contributed by atoms with Crippen LogP contribution in [0.4, 0.5) is 5.69 Å². The number of aromatic nitrogens is 2. The zero-order valence-electron chi connectivity index (χ0n) is 10.3. The number of rotatable bonds is 4. The number of nitrogens with zero attached hydrogens (tertiary/aromatic N) is 3. The van der Waals surface area contributed by atoms with Crippen LogP contribution in [0.5, 0.6) is 0 Å². The van der Waals surface area contributed by atoms with E-state index in [4.69, 9.17) is 0 Å². The SMILES string of the molecule is CN(CC(=O)NC1CC1)c1cnn(C)c(=O)c1Br. The Bertz CT molecular complexity index is 524. The highest BCUT2D eigenvalue weighted by Crippen LogP contribution is 2.21. The summed E-state index contributed by atoms with van der Waals surface area (Å²) in [6, 6.07) is 0.344. The molecule has 0 bridgehead atoms. The molecule has 0 radical (unpaired) electrons. The molecule has 98 valence electrons. The summed E-state index contributed by atoms with van der Waals surface area (Å²) < 4.78 is 1.66. The third-order valence-electron chi connectivity index (χ3n) is 2.79. The minimum Gasteiger partial charge on any atom is -0.363 e. The number of aryl methyl sites for hydroxylation is 1. The van der Waals surface area contributed by atoms with Crippen molar-refractivity contribution in [1.29, 1.82) is 0 Å². The molecule has 1 N–H and O–H groups in total. The molecule has 6 nitrogen and oxygen atoms in total. The van der Waals surface area contributed by atoms with Gasteiger partial charge in [-0.05, 0) is 28.8 Å². The van der Waals surface area contributed by atoms with Gasteiger partial charge in [0, 0.05) is 20.1 Å². The Morgan fingerprint density at radius 1 is 1.67 bits per heavy atom. The third-order valence-corrected chi connectivity index (χ3v) is 3.54. The minimum absolute atomic E-state index is 0.0347. The van der Waals surface area contributed by atoms with E-state index in [1.807, 2.05) is 0 Å². The number of hydrogen-bond acceptors (Lipinski definition) is 4. The summed E-state index contributed by atoms with van der Waals surface area (Å²) in [6.45, 7) is 0.212. The van der Waals surface area contributed by atoms with Crippen LogP contribution in [-0.4, -0.2) is 35.3 Å². The number of likely N-dealkylation sites (N-methyl/N-ethyl adjacent to an activating group) is 1. The van der Waals surface area contributed by atoms with Crippen LogP contribution in [0, 0.1) is 0 Å². The first-order valence-electron chi connectivity index (χ1n) is 5.71. The normalized spacial score (nSPS) is 14.4. The predicted molar refractivity (Wildman–Crippen MR) is 71.6 cm³/mol. The Morgan fingerprint density at radius 2 is 2.33 bits per heavy atom. The maximum absolute atomic E-state index is 11.7. The van der Waals surface area contributed by atoms with Gasteiger partial charge in [-0.25, -0.2) is 4.68 Å².